The van der Waals surface area contributed by atoms with Gasteiger partial charge in [-0.2, -0.15) is 5.26 Å². The van der Waals surface area contributed by atoms with E-state index in [1.165, 1.54) is 6.26 Å². The van der Waals surface area contributed by atoms with Gasteiger partial charge in [0.1, 0.15) is 5.92 Å². The molecule has 0 rings (SSSR count). The minimum absolute atomic E-state index is 0. The molecule has 1 atom stereocenters. The summed E-state index contributed by atoms with van der Waals surface area (Å²) >= 11 is 0. The number of rotatable bonds is 2. The molecule has 0 saturated heterocycles. The fraction of sp³-hybridized carbons (Fsp3) is 0.500. The van der Waals surface area contributed by atoms with Crippen molar-refractivity contribution in [2.75, 3.05) is 0 Å². The molecule has 0 aliphatic carbocycles. The van der Waals surface area contributed by atoms with Gasteiger partial charge in [-0.15, -0.1) is 5.26 Å². The predicted molar refractivity (Wildman–Crippen MR) is 38.2 cm³/mol. The third-order valence-electron chi connectivity index (χ3n) is 0.995. The summed E-state index contributed by atoms with van der Waals surface area (Å²) in [6, 6.07) is 1.71. The number of hydrogen-bond acceptors (Lipinski definition) is 4. The molecule has 0 aliphatic heterocycles. The van der Waals surface area contributed by atoms with E-state index in [4.69, 9.17) is 10.5 Å². The second-order valence-corrected chi connectivity index (χ2v) is 1.60. The summed E-state index contributed by atoms with van der Waals surface area (Å²) in [6.45, 7) is 1.67. The van der Waals surface area contributed by atoms with Gasteiger partial charge in [0.15, 0.2) is 0 Å². The van der Waals surface area contributed by atoms with Gasteiger partial charge in [-0.05, 0) is 6.42 Å². The molecule has 54 valence electrons. The molecule has 0 aromatic carbocycles. The standard InChI is InChI=1S/C6H6N2O2.K.H/c1-2-5(3-7)6(9)10-4-8;;/h5H,2H2,1H3;;. The van der Waals surface area contributed by atoms with Crippen LogP contribution in [-0.2, 0) is 9.53 Å². The van der Waals surface area contributed by atoms with Crippen LogP contribution in [0, 0.1) is 28.8 Å². The van der Waals surface area contributed by atoms with Gasteiger partial charge in [-0.3, -0.25) is 0 Å². The molecular weight excluding hydrogens is 171 g/mol. The van der Waals surface area contributed by atoms with Crippen molar-refractivity contribution in [3.8, 4) is 12.3 Å². The van der Waals surface area contributed by atoms with Gasteiger partial charge < -0.3 is 4.74 Å². The Bertz CT molecular complexity index is 204. The number of hydrogen-bond donors (Lipinski definition) is 0. The second kappa shape index (κ2) is 8.19. The van der Waals surface area contributed by atoms with Crippen LogP contribution in [0.2, 0.25) is 0 Å². The van der Waals surface area contributed by atoms with E-state index in [1.54, 1.807) is 13.0 Å². The number of esters is 1. The van der Waals surface area contributed by atoms with E-state index in [0.717, 1.165) is 0 Å². The molecule has 0 aromatic rings. The Morgan fingerprint density at radius 3 is 2.45 bits per heavy atom. The third-order valence-corrected chi connectivity index (χ3v) is 0.995. The van der Waals surface area contributed by atoms with Crippen molar-refractivity contribution in [2.45, 2.75) is 13.3 Å². The van der Waals surface area contributed by atoms with Crippen LogP contribution in [0.15, 0.2) is 0 Å². The molecule has 0 saturated carbocycles. The van der Waals surface area contributed by atoms with E-state index in [1.807, 2.05) is 0 Å². The summed E-state index contributed by atoms with van der Waals surface area (Å²) in [6.07, 6.45) is 1.59. The molecule has 0 heterocycles. The molecule has 0 amide bonds. The van der Waals surface area contributed by atoms with Crippen LogP contribution in [0.4, 0.5) is 0 Å². The van der Waals surface area contributed by atoms with Gasteiger partial charge >= 0.3 is 57.4 Å². The Morgan fingerprint density at radius 1 is 1.64 bits per heavy atom. The Hall–Kier alpha value is 0.0864. The molecule has 0 aliphatic rings. The number of ether oxygens (including phenoxy) is 1. The van der Waals surface area contributed by atoms with Crippen LogP contribution < -0.4 is 0 Å². The number of nitriles is 2. The topological polar surface area (TPSA) is 73.9 Å². The van der Waals surface area contributed by atoms with Crippen molar-refractivity contribution in [3.63, 3.8) is 0 Å². The molecule has 0 spiro atoms. The SMILES string of the molecule is CCC(C#N)C(=O)OC#N.[KH]. The van der Waals surface area contributed by atoms with E-state index in [9.17, 15) is 4.79 Å². The predicted octanol–water partition coefficient (Wildman–Crippen LogP) is -0.0880. The van der Waals surface area contributed by atoms with Crippen LogP contribution in [-0.4, -0.2) is 57.4 Å². The summed E-state index contributed by atoms with van der Waals surface area (Å²) in [5, 5.41) is 16.1. The van der Waals surface area contributed by atoms with Crippen molar-refractivity contribution in [1.82, 2.24) is 0 Å². The Kier molecular flexibility index (Phi) is 10.2. The van der Waals surface area contributed by atoms with Crippen molar-refractivity contribution in [1.29, 1.82) is 10.5 Å². The van der Waals surface area contributed by atoms with Gasteiger partial charge in [-0.1, -0.05) is 6.92 Å². The van der Waals surface area contributed by atoms with Gasteiger partial charge in [0.25, 0.3) is 6.26 Å². The van der Waals surface area contributed by atoms with E-state index >= 15 is 0 Å². The van der Waals surface area contributed by atoms with E-state index < -0.39 is 11.9 Å². The molecule has 0 fully saturated rings. The second-order valence-electron chi connectivity index (χ2n) is 1.60. The quantitative estimate of drug-likeness (QED) is 0.336. The first-order chi connectivity index (χ1) is 4.76. The Labute approximate surface area is 108 Å². The summed E-state index contributed by atoms with van der Waals surface area (Å²) in [7, 11) is 0. The minimum atomic E-state index is -0.806. The Balaban J connectivity index is 0. The van der Waals surface area contributed by atoms with Gasteiger partial charge in [0, 0.05) is 0 Å². The van der Waals surface area contributed by atoms with Crippen molar-refractivity contribution in [2.24, 2.45) is 5.92 Å². The van der Waals surface area contributed by atoms with Gasteiger partial charge in [0.05, 0.1) is 6.07 Å². The van der Waals surface area contributed by atoms with E-state index in [2.05, 4.69) is 4.74 Å². The van der Waals surface area contributed by atoms with Crippen molar-refractivity contribution < 1.29 is 9.53 Å². The molecule has 1 unspecified atom stereocenters. The zero-order valence-electron chi connectivity index (χ0n) is 5.50. The monoisotopic (exact) mass is 178 g/mol. The number of carbonyl (C=O) groups is 1. The molecule has 0 N–H and O–H groups in total. The van der Waals surface area contributed by atoms with Crippen LogP contribution in [0.3, 0.4) is 0 Å². The zero-order chi connectivity index (χ0) is 7.98. The summed E-state index contributed by atoms with van der Waals surface area (Å²) in [5.74, 6) is -1.58. The fourth-order valence-corrected chi connectivity index (χ4v) is 0.427. The third kappa shape index (κ3) is 5.37. The maximum absolute atomic E-state index is 10.5. The van der Waals surface area contributed by atoms with Crippen LogP contribution in [0.5, 0.6) is 0 Å². The average molecular weight is 178 g/mol. The molecule has 0 aromatic heterocycles. The molecular formula is C6H7KN2O2. The van der Waals surface area contributed by atoms with E-state index in [0.29, 0.717) is 6.42 Å². The van der Waals surface area contributed by atoms with Crippen molar-refractivity contribution in [3.05, 3.63) is 0 Å². The molecule has 0 bridgehead atoms. The zero-order valence-corrected chi connectivity index (χ0v) is 5.50. The molecule has 5 heteroatoms. The maximum atomic E-state index is 10.5. The van der Waals surface area contributed by atoms with E-state index in [-0.39, 0.29) is 51.4 Å². The molecule has 0 radical (unpaired) electrons. The Morgan fingerprint density at radius 2 is 2.18 bits per heavy atom. The van der Waals surface area contributed by atoms with Crippen LogP contribution >= 0.6 is 0 Å². The molecule has 11 heavy (non-hydrogen) atoms. The first-order valence-corrected chi connectivity index (χ1v) is 2.75. The summed E-state index contributed by atoms with van der Waals surface area (Å²) < 4.78 is 3.93. The first-order valence-electron chi connectivity index (χ1n) is 2.75. The normalized spacial score (nSPS) is 9.73. The number of nitrogens with zero attached hydrogens (tertiary/aromatic N) is 2. The number of carbonyl (C=O) groups excluding carboxylic acids is 1. The van der Waals surface area contributed by atoms with Gasteiger partial charge in [0.2, 0.25) is 0 Å². The van der Waals surface area contributed by atoms with Crippen molar-refractivity contribution >= 4 is 57.4 Å². The summed E-state index contributed by atoms with van der Waals surface area (Å²) in [5.41, 5.74) is 0. The average Bonchev–Trinajstić information content (AvgIpc) is 1.91. The van der Waals surface area contributed by atoms with Crippen LogP contribution in [0.25, 0.3) is 0 Å². The van der Waals surface area contributed by atoms with Crippen LogP contribution in [0.1, 0.15) is 13.3 Å². The molecule has 4 nitrogen and oxygen atoms in total. The van der Waals surface area contributed by atoms with Gasteiger partial charge in [-0.25, -0.2) is 4.79 Å². The fourth-order valence-electron chi connectivity index (χ4n) is 0.427. The first kappa shape index (κ1) is 13.7. The summed E-state index contributed by atoms with van der Waals surface area (Å²) in [4.78, 5) is 10.5.